The molecule has 0 fully saturated rings. The minimum Gasteiger partial charge on any atom is -0.485 e. The van der Waals surface area contributed by atoms with Crippen LogP contribution in [-0.2, 0) is 32.2 Å². The highest BCUT2D eigenvalue weighted by Gasteiger charge is 2.28. The van der Waals surface area contributed by atoms with Gasteiger partial charge in [-0.15, -0.1) is 0 Å². The van der Waals surface area contributed by atoms with Crippen molar-refractivity contribution in [3.63, 3.8) is 0 Å². The number of hydrogen-bond acceptors (Lipinski definition) is 4. The molecule has 22 heavy (non-hydrogen) atoms. The van der Waals surface area contributed by atoms with Gasteiger partial charge in [0.2, 0.25) is 5.76 Å². The zero-order valence-corrected chi connectivity index (χ0v) is 12.0. The average molecular weight is 296 g/mol. The van der Waals surface area contributed by atoms with Crippen LogP contribution in [-0.4, -0.2) is 12.6 Å². The van der Waals surface area contributed by atoms with E-state index in [-0.39, 0.29) is 12.4 Å². The van der Waals surface area contributed by atoms with Crippen LogP contribution in [0.2, 0.25) is 0 Å². The monoisotopic (exact) mass is 296 g/mol. The summed E-state index contributed by atoms with van der Waals surface area (Å²) < 4.78 is 16.2. The molecule has 0 aromatic heterocycles. The highest BCUT2D eigenvalue weighted by Crippen LogP contribution is 2.21. The number of hydrogen-bond donors (Lipinski definition) is 0. The number of benzene rings is 2. The Morgan fingerprint density at radius 2 is 1.36 bits per heavy atom. The quantitative estimate of drug-likeness (QED) is 0.768. The minimum atomic E-state index is -0.473. The Kier molecular flexibility index (Phi) is 4.39. The van der Waals surface area contributed by atoms with Gasteiger partial charge in [0.1, 0.15) is 13.2 Å². The number of rotatable bonds is 6. The number of ether oxygens (including phenoxy) is 3. The summed E-state index contributed by atoms with van der Waals surface area (Å²) in [6.45, 7) is 0.810. The van der Waals surface area contributed by atoms with Crippen LogP contribution in [0.3, 0.4) is 0 Å². The predicted octanol–water partition coefficient (Wildman–Crippen LogP) is 3.19. The first-order valence-corrected chi connectivity index (χ1v) is 7.06. The van der Waals surface area contributed by atoms with Crippen LogP contribution in [0.5, 0.6) is 0 Å². The molecule has 4 nitrogen and oxygen atoms in total. The summed E-state index contributed by atoms with van der Waals surface area (Å²) in [6, 6.07) is 19.4. The van der Waals surface area contributed by atoms with Crippen molar-refractivity contribution in [2.45, 2.75) is 13.2 Å². The molecule has 1 aliphatic heterocycles. The minimum absolute atomic E-state index is 0.121. The van der Waals surface area contributed by atoms with Crippen LogP contribution >= 0.6 is 0 Å². The first kappa shape index (κ1) is 14.2. The van der Waals surface area contributed by atoms with Gasteiger partial charge in [-0.25, -0.2) is 4.79 Å². The van der Waals surface area contributed by atoms with Crippen molar-refractivity contribution in [3.8, 4) is 0 Å². The summed E-state index contributed by atoms with van der Waals surface area (Å²) in [5, 5.41) is 0. The van der Waals surface area contributed by atoms with Gasteiger partial charge >= 0.3 is 5.97 Å². The van der Waals surface area contributed by atoms with Crippen molar-refractivity contribution in [3.05, 3.63) is 83.3 Å². The van der Waals surface area contributed by atoms with Gasteiger partial charge in [0.15, 0.2) is 12.4 Å². The fourth-order valence-corrected chi connectivity index (χ4v) is 2.10. The largest absolute Gasteiger partial charge is 0.485 e. The van der Waals surface area contributed by atoms with Crippen molar-refractivity contribution in [2.24, 2.45) is 0 Å². The van der Waals surface area contributed by atoms with Crippen LogP contribution in [0.15, 0.2) is 72.2 Å². The molecule has 0 spiro atoms. The molecule has 0 aliphatic carbocycles. The molecule has 2 aromatic rings. The Morgan fingerprint density at radius 3 is 1.95 bits per heavy atom. The van der Waals surface area contributed by atoms with Crippen molar-refractivity contribution >= 4 is 5.97 Å². The SMILES string of the molecule is O=C1OCC(OCc2ccccc2)=C1OCc1ccccc1. The van der Waals surface area contributed by atoms with Crippen LogP contribution < -0.4 is 0 Å². The summed E-state index contributed by atoms with van der Waals surface area (Å²) in [4.78, 5) is 11.7. The molecule has 0 saturated carbocycles. The van der Waals surface area contributed by atoms with E-state index in [9.17, 15) is 4.79 Å². The van der Waals surface area contributed by atoms with Crippen LogP contribution in [0.1, 0.15) is 11.1 Å². The van der Waals surface area contributed by atoms with E-state index in [1.807, 2.05) is 60.7 Å². The maximum atomic E-state index is 11.7. The van der Waals surface area contributed by atoms with E-state index in [4.69, 9.17) is 14.2 Å². The van der Waals surface area contributed by atoms with Gasteiger partial charge in [-0.05, 0) is 11.1 Å². The maximum absolute atomic E-state index is 11.7. The van der Waals surface area contributed by atoms with E-state index in [1.54, 1.807) is 0 Å². The standard InChI is InChI=1S/C18H16O4/c19-18-17(21-12-15-9-5-2-6-10-15)16(13-22-18)20-11-14-7-3-1-4-8-14/h1-10H,11-13H2. The van der Waals surface area contributed by atoms with E-state index in [2.05, 4.69) is 0 Å². The van der Waals surface area contributed by atoms with Gasteiger partial charge in [0.05, 0.1) is 0 Å². The Bertz CT molecular complexity index is 662. The third kappa shape index (κ3) is 3.47. The second kappa shape index (κ2) is 6.80. The Morgan fingerprint density at radius 1 is 0.818 bits per heavy atom. The molecule has 0 radical (unpaired) electrons. The third-order valence-corrected chi connectivity index (χ3v) is 3.25. The molecule has 1 aliphatic rings. The summed E-state index contributed by atoms with van der Waals surface area (Å²) in [5.74, 6) is 0.142. The Balaban J connectivity index is 1.64. The fraction of sp³-hybridized carbons (Fsp3) is 0.167. The first-order valence-electron chi connectivity index (χ1n) is 7.06. The molecule has 112 valence electrons. The van der Waals surface area contributed by atoms with E-state index in [0.717, 1.165) is 11.1 Å². The predicted molar refractivity (Wildman–Crippen MR) is 80.4 cm³/mol. The topological polar surface area (TPSA) is 44.8 Å². The molecular formula is C18H16O4. The average Bonchev–Trinajstić information content (AvgIpc) is 2.93. The number of cyclic esters (lactones) is 1. The number of esters is 1. The van der Waals surface area contributed by atoms with Crippen molar-refractivity contribution < 1.29 is 19.0 Å². The van der Waals surface area contributed by atoms with E-state index in [1.165, 1.54) is 0 Å². The van der Waals surface area contributed by atoms with Gasteiger partial charge < -0.3 is 14.2 Å². The molecular weight excluding hydrogens is 280 g/mol. The van der Waals surface area contributed by atoms with Crippen molar-refractivity contribution in [1.82, 2.24) is 0 Å². The summed E-state index contributed by atoms with van der Waals surface area (Å²) in [7, 11) is 0. The molecule has 0 saturated heterocycles. The van der Waals surface area contributed by atoms with Crippen LogP contribution in [0.4, 0.5) is 0 Å². The van der Waals surface area contributed by atoms with Gasteiger partial charge in [-0.3, -0.25) is 0 Å². The van der Waals surface area contributed by atoms with E-state index < -0.39 is 5.97 Å². The third-order valence-electron chi connectivity index (χ3n) is 3.25. The van der Waals surface area contributed by atoms with Gasteiger partial charge in [-0.1, -0.05) is 60.7 Å². The molecule has 0 amide bonds. The lowest BCUT2D eigenvalue weighted by molar-refractivity contribution is -0.139. The number of carbonyl (C=O) groups is 1. The Labute approximate surface area is 128 Å². The lowest BCUT2D eigenvalue weighted by Crippen LogP contribution is -2.04. The summed E-state index contributed by atoms with van der Waals surface area (Å²) in [6.07, 6.45) is 0. The first-order chi connectivity index (χ1) is 10.8. The molecule has 0 N–H and O–H groups in total. The van der Waals surface area contributed by atoms with Crippen molar-refractivity contribution in [1.29, 1.82) is 0 Å². The van der Waals surface area contributed by atoms with Gasteiger partial charge in [-0.2, -0.15) is 0 Å². The smallest absolute Gasteiger partial charge is 0.377 e. The zero-order valence-electron chi connectivity index (χ0n) is 12.0. The lowest BCUT2D eigenvalue weighted by Gasteiger charge is -2.08. The second-order valence-corrected chi connectivity index (χ2v) is 4.88. The summed E-state index contributed by atoms with van der Waals surface area (Å²) in [5.41, 5.74) is 2.01. The maximum Gasteiger partial charge on any atom is 0.377 e. The zero-order chi connectivity index (χ0) is 15.2. The highest BCUT2D eigenvalue weighted by atomic mass is 16.6. The highest BCUT2D eigenvalue weighted by molar-refractivity contribution is 5.89. The van der Waals surface area contributed by atoms with Crippen LogP contribution in [0.25, 0.3) is 0 Å². The summed E-state index contributed by atoms with van der Waals surface area (Å²) >= 11 is 0. The lowest BCUT2D eigenvalue weighted by atomic mass is 10.2. The molecule has 1 heterocycles. The fourth-order valence-electron chi connectivity index (χ4n) is 2.10. The van der Waals surface area contributed by atoms with E-state index in [0.29, 0.717) is 19.0 Å². The molecule has 0 unspecified atom stereocenters. The van der Waals surface area contributed by atoms with E-state index >= 15 is 0 Å². The molecule has 3 rings (SSSR count). The molecule has 2 aromatic carbocycles. The normalized spacial score (nSPS) is 13.9. The Hall–Kier alpha value is -2.75. The molecule has 4 heteroatoms. The van der Waals surface area contributed by atoms with Gasteiger partial charge in [0, 0.05) is 0 Å². The molecule has 0 bridgehead atoms. The second-order valence-electron chi connectivity index (χ2n) is 4.88. The van der Waals surface area contributed by atoms with Crippen molar-refractivity contribution in [2.75, 3.05) is 6.61 Å². The van der Waals surface area contributed by atoms with Gasteiger partial charge in [0.25, 0.3) is 0 Å². The van der Waals surface area contributed by atoms with Crippen LogP contribution in [0, 0.1) is 0 Å². The molecule has 0 atom stereocenters. The number of carbonyl (C=O) groups excluding carboxylic acids is 1.